The van der Waals surface area contributed by atoms with Gasteiger partial charge in [0.2, 0.25) is 0 Å². The maximum Gasteiger partial charge on any atom is 0.434 e. The van der Waals surface area contributed by atoms with Crippen molar-refractivity contribution >= 4 is 40.7 Å². The second-order valence-corrected chi connectivity index (χ2v) is 8.91. The van der Waals surface area contributed by atoms with Crippen LogP contribution in [0, 0.1) is 10.1 Å². The number of nitro benzene ring substituents is 1. The van der Waals surface area contributed by atoms with Gasteiger partial charge in [-0.25, -0.2) is 9.79 Å². The van der Waals surface area contributed by atoms with Crippen molar-refractivity contribution in [2.45, 2.75) is 19.1 Å². The number of hydrogen-bond acceptors (Lipinski definition) is 7. The first-order valence-corrected chi connectivity index (χ1v) is 11.5. The summed E-state index contributed by atoms with van der Waals surface area (Å²) in [5.41, 5.74) is -2.78. The van der Waals surface area contributed by atoms with Gasteiger partial charge in [-0.1, -0.05) is 47.2 Å². The largest absolute Gasteiger partial charge is 0.463 e. The normalized spacial score (nSPS) is 15.9. The third kappa shape index (κ3) is 4.82. The molecule has 0 saturated carbocycles. The van der Waals surface area contributed by atoms with Crippen LogP contribution in [0.2, 0.25) is 5.02 Å². The smallest absolute Gasteiger partial charge is 0.434 e. The van der Waals surface area contributed by atoms with Crippen LogP contribution in [0.5, 0.6) is 0 Å². The number of halogens is 4. The summed E-state index contributed by atoms with van der Waals surface area (Å²) in [5.74, 6) is -1.26. The predicted octanol–water partition coefficient (Wildman–Crippen LogP) is 3.90. The number of non-ortho nitro benzene ring substituents is 1. The minimum absolute atomic E-state index is 0.0279. The standard InChI is InChI=1S/C23H15ClF3N3O5S/c1-2-35-21(32)17-18(13-6-8-14(24)9-7-13)29-20(31)16(36-22(29)28-19(17)23(25,26)27)11-12-4-3-5-15(10-12)30(33)34/h3-11,18H,2H2,1H3/b16-11-/t18-/m1/s1. The van der Waals surface area contributed by atoms with Gasteiger partial charge in [0, 0.05) is 17.2 Å². The Balaban J connectivity index is 2.03. The highest BCUT2D eigenvalue weighted by molar-refractivity contribution is 7.07. The van der Waals surface area contributed by atoms with Crippen molar-refractivity contribution in [1.29, 1.82) is 0 Å². The Morgan fingerprint density at radius 1 is 1.28 bits per heavy atom. The molecule has 0 saturated heterocycles. The lowest BCUT2D eigenvalue weighted by Gasteiger charge is -2.26. The molecule has 1 aliphatic rings. The SMILES string of the molecule is CCOC(=O)C1=C(C(F)(F)F)N=c2s/c(=C\c3cccc([N+](=O)[O-])c3)c(=O)n2[C@@H]1c1ccc(Cl)cc1. The molecule has 8 nitrogen and oxygen atoms in total. The number of carbonyl (C=O) groups excluding carboxylic acids is 1. The summed E-state index contributed by atoms with van der Waals surface area (Å²) in [5, 5.41) is 11.4. The Morgan fingerprint density at radius 2 is 1.97 bits per heavy atom. The van der Waals surface area contributed by atoms with Crippen molar-refractivity contribution in [2.75, 3.05) is 6.61 Å². The number of esters is 1. The van der Waals surface area contributed by atoms with Gasteiger partial charge in [-0.3, -0.25) is 19.5 Å². The van der Waals surface area contributed by atoms with E-state index < -0.39 is 39.9 Å². The molecule has 1 aromatic heterocycles. The molecule has 2 heterocycles. The number of ether oxygens (including phenoxy) is 1. The molecular formula is C23H15ClF3N3O5S. The summed E-state index contributed by atoms with van der Waals surface area (Å²) in [4.78, 5) is 40.0. The summed E-state index contributed by atoms with van der Waals surface area (Å²) < 4.78 is 48.1. The van der Waals surface area contributed by atoms with Gasteiger partial charge in [-0.2, -0.15) is 13.2 Å². The summed E-state index contributed by atoms with van der Waals surface area (Å²) in [6, 6.07) is 9.57. The van der Waals surface area contributed by atoms with Gasteiger partial charge in [0.15, 0.2) is 10.5 Å². The summed E-state index contributed by atoms with van der Waals surface area (Å²) in [7, 11) is 0. The number of alkyl halides is 3. The number of benzene rings is 2. The maximum atomic E-state index is 14.1. The first kappa shape index (κ1) is 25.3. The molecule has 0 spiro atoms. The van der Waals surface area contributed by atoms with Crippen LogP contribution in [0.4, 0.5) is 18.9 Å². The van der Waals surface area contributed by atoms with Crippen molar-refractivity contribution < 1.29 is 27.6 Å². The number of rotatable bonds is 5. The average molecular weight is 538 g/mol. The van der Waals surface area contributed by atoms with Crippen molar-refractivity contribution in [2.24, 2.45) is 4.99 Å². The zero-order valence-corrected chi connectivity index (χ0v) is 19.9. The molecule has 0 radical (unpaired) electrons. The molecule has 0 unspecified atom stereocenters. The fourth-order valence-electron chi connectivity index (χ4n) is 3.68. The molecule has 36 heavy (non-hydrogen) atoms. The molecule has 4 rings (SSSR count). The van der Waals surface area contributed by atoms with E-state index in [0.29, 0.717) is 16.4 Å². The Hall–Kier alpha value is -3.77. The van der Waals surface area contributed by atoms with E-state index in [1.54, 1.807) is 0 Å². The molecule has 1 aliphatic heterocycles. The van der Waals surface area contributed by atoms with E-state index >= 15 is 0 Å². The van der Waals surface area contributed by atoms with E-state index in [1.165, 1.54) is 61.5 Å². The number of nitrogens with zero attached hydrogens (tertiary/aromatic N) is 3. The monoisotopic (exact) mass is 537 g/mol. The summed E-state index contributed by atoms with van der Waals surface area (Å²) in [6.45, 7) is 1.25. The molecule has 186 valence electrons. The van der Waals surface area contributed by atoms with Gasteiger partial charge < -0.3 is 4.74 Å². The van der Waals surface area contributed by atoms with Gasteiger partial charge >= 0.3 is 12.1 Å². The third-order valence-corrected chi connectivity index (χ3v) is 6.39. The van der Waals surface area contributed by atoms with Gasteiger partial charge in [-0.15, -0.1) is 0 Å². The Morgan fingerprint density at radius 3 is 2.58 bits per heavy atom. The molecule has 1 atom stereocenters. The van der Waals surface area contributed by atoms with Gasteiger partial charge in [0.25, 0.3) is 11.2 Å². The fraction of sp³-hybridized carbons (Fsp3) is 0.174. The number of thiazole rings is 1. The molecular weight excluding hydrogens is 523 g/mol. The van der Waals surface area contributed by atoms with E-state index in [4.69, 9.17) is 16.3 Å². The van der Waals surface area contributed by atoms with Gasteiger partial charge in [0.05, 0.1) is 27.7 Å². The van der Waals surface area contributed by atoms with Crippen LogP contribution in [-0.4, -0.2) is 28.2 Å². The van der Waals surface area contributed by atoms with Crippen LogP contribution in [0.25, 0.3) is 6.08 Å². The van der Waals surface area contributed by atoms with E-state index in [2.05, 4.69) is 4.99 Å². The molecule has 13 heteroatoms. The number of carbonyl (C=O) groups is 1. The van der Waals surface area contributed by atoms with Crippen molar-refractivity contribution in [3.05, 3.63) is 106 Å². The molecule has 0 bridgehead atoms. The second-order valence-electron chi connectivity index (χ2n) is 7.47. The lowest BCUT2D eigenvalue weighted by atomic mass is 9.95. The maximum absolute atomic E-state index is 14.1. The number of fused-ring (bicyclic) bond motifs is 1. The van der Waals surface area contributed by atoms with E-state index in [-0.39, 0.29) is 32.8 Å². The highest BCUT2D eigenvalue weighted by Gasteiger charge is 2.45. The topological polar surface area (TPSA) is 104 Å². The lowest BCUT2D eigenvalue weighted by molar-refractivity contribution is -0.384. The number of aromatic nitrogens is 1. The number of allylic oxidation sites excluding steroid dienone is 1. The summed E-state index contributed by atoms with van der Waals surface area (Å²) >= 11 is 6.61. The van der Waals surface area contributed by atoms with Gasteiger partial charge in [0.1, 0.15) is 0 Å². The fourth-order valence-corrected chi connectivity index (χ4v) is 4.81. The Labute approximate surface area is 209 Å². The van der Waals surface area contributed by atoms with E-state index in [1.807, 2.05) is 0 Å². The van der Waals surface area contributed by atoms with Crippen LogP contribution in [0.1, 0.15) is 24.1 Å². The Kier molecular flexibility index (Phi) is 6.83. The van der Waals surface area contributed by atoms with E-state index in [0.717, 1.165) is 4.57 Å². The number of nitro groups is 1. The minimum atomic E-state index is -5.03. The molecule has 3 aromatic rings. The molecule has 0 amide bonds. The molecule has 0 fully saturated rings. The van der Waals surface area contributed by atoms with Crippen LogP contribution in [-0.2, 0) is 9.53 Å². The first-order valence-electron chi connectivity index (χ1n) is 10.3. The van der Waals surface area contributed by atoms with Crippen LogP contribution in [0.15, 0.2) is 69.6 Å². The zero-order chi connectivity index (χ0) is 26.2. The highest BCUT2D eigenvalue weighted by atomic mass is 35.5. The summed E-state index contributed by atoms with van der Waals surface area (Å²) in [6.07, 6.45) is -3.71. The molecule has 2 aromatic carbocycles. The first-order chi connectivity index (χ1) is 17.0. The lowest BCUT2D eigenvalue weighted by Crippen LogP contribution is -2.41. The molecule has 0 aliphatic carbocycles. The van der Waals surface area contributed by atoms with Crippen LogP contribution >= 0.6 is 22.9 Å². The predicted molar refractivity (Wildman–Crippen MR) is 125 cm³/mol. The minimum Gasteiger partial charge on any atom is -0.463 e. The van der Waals surface area contributed by atoms with Gasteiger partial charge in [-0.05, 0) is 36.3 Å². The number of hydrogen-bond donors (Lipinski definition) is 0. The Bertz CT molecular complexity index is 1580. The van der Waals surface area contributed by atoms with Crippen LogP contribution < -0.4 is 14.9 Å². The van der Waals surface area contributed by atoms with E-state index in [9.17, 15) is 32.9 Å². The average Bonchev–Trinajstić information content (AvgIpc) is 3.13. The van der Waals surface area contributed by atoms with Crippen molar-refractivity contribution in [3.8, 4) is 0 Å². The molecule has 0 N–H and O–H groups in total. The highest BCUT2D eigenvalue weighted by Crippen LogP contribution is 2.38. The van der Waals surface area contributed by atoms with Crippen molar-refractivity contribution in [1.82, 2.24) is 4.57 Å². The third-order valence-electron chi connectivity index (χ3n) is 5.16. The van der Waals surface area contributed by atoms with Crippen molar-refractivity contribution in [3.63, 3.8) is 0 Å². The zero-order valence-electron chi connectivity index (χ0n) is 18.3. The second kappa shape index (κ2) is 9.70. The van der Waals surface area contributed by atoms with Crippen LogP contribution in [0.3, 0.4) is 0 Å². The quantitative estimate of drug-likeness (QED) is 0.279.